The number of halogens is 2. The van der Waals surface area contributed by atoms with Crippen LogP contribution in [-0.4, -0.2) is 10.8 Å². The van der Waals surface area contributed by atoms with Gasteiger partial charge in [0.25, 0.3) is 11.6 Å². The highest BCUT2D eigenvalue weighted by Crippen LogP contribution is 2.28. The first-order chi connectivity index (χ1) is 12.9. The van der Waals surface area contributed by atoms with Crippen LogP contribution in [0.3, 0.4) is 0 Å². The summed E-state index contributed by atoms with van der Waals surface area (Å²) >= 11 is 7.20. The third kappa shape index (κ3) is 4.81. The van der Waals surface area contributed by atoms with E-state index < -0.39 is 4.92 Å². The predicted octanol–water partition coefficient (Wildman–Crippen LogP) is 5.28. The van der Waals surface area contributed by atoms with Crippen molar-refractivity contribution in [3.05, 3.63) is 85.3 Å². The number of thiophene rings is 1. The van der Waals surface area contributed by atoms with Crippen molar-refractivity contribution in [2.45, 2.75) is 6.61 Å². The van der Waals surface area contributed by atoms with E-state index in [9.17, 15) is 19.3 Å². The van der Waals surface area contributed by atoms with Crippen LogP contribution in [0, 0.1) is 15.9 Å². The molecular weight excluding hydrogens is 395 g/mol. The van der Waals surface area contributed by atoms with Crippen LogP contribution in [0.4, 0.5) is 15.8 Å². The van der Waals surface area contributed by atoms with Crippen molar-refractivity contribution in [1.82, 2.24) is 0 Å². The number of hydrogen-bond donors (Lipinski definition) is 1. The first-order valence-electron chi connectivity index (χ1n) is 7.63. The lowest BCUT2D eigenvalue weighted by molar-refractivity contribution is -0.384. The van der Waals surface area contributed by atoms with Gasteiger partial charge in [0.1, 0.15) is 18.2 Å². The Labute approximate surface area is 162 Å². The van der Waals surface area contributed by atoms with Gasteiger partial charge in [0.15, 0.2) is 0 Å². The largest absolute Gasteiger partial charge is 0.489 e. The summed E-state index contributed by atoms with van der Waals surface area (Å²) in [5, 5.41) is 15.2. The number of amides is 1. The fraction of sp³-hybridized carbons (Fsp3) is 0.0556. The summed E-state index contributed by atoms with van der Waals surface area (Å²) in [6.45, 7) is 0.230. The normalized spacial score (nSPS) is 10.4. The van der Waals surface area contributed by atoms with Crippen LogP contribution in [-0.2, 0) is 6.61 Å². The summed E-state index contributed by atoms with van der Waals surface area (Å²) in [6, 6.07) is 11.1. The van der Waals surface area contributed by atoms with Gasteiger partial charge in [-0.05, 0) is 41.8 Å². The van der Waals surface area contributed by atoms with Gasteiger partial charge in [0.05, 0.1) is 20.5 Å². The van der Waals surface area contributed by atoms with Crippen LogP contribution in [0.15, 0.2) is 53.9 Å². The third-order valence-electron chi connectivity index (χ3n) is 3.51. The Bertz CT molecular complexity index is 991. The Kier molecular flexibility index (Phi) is 5.68. The summed E-state index contributed by atoms with van der Waals surface area (Å²) < 4.78 is 18.4. The van der Waals surface area contributed by atoms with Gasteiger partial charge in [0, 0.05) is 17.7 Å². The molecule has 1 amide bonds. The van der Waals surface area contributed by atoms with Crippen LogP contribution in [0.2, 0.25) is 5.02 Å². The minimum absolute atomic E-state index is 0.0778. The van der Waals surface area contributed by atoms with Crippen molar-refractivity contribution < 1.29 is 18.8 Å². The van der Waals surface area contributed by atoms with Crippen molar-refractivity contribution in [1.29, 1.82) is 0 Å². The van der Waals surface area contributed by atoms with E-state index >= 15 is 0 Å². The smallest absolute Gasteiger partial charge is 0.271 e. The molecule has 27 heavy (non-hydrogen) atoms. The first kappa shape index (κ1) is 18.8. The van der Waals surface area contributed by atoms with Crippen LogP contribution < -0.4 is 10.1 Å². The monoisotopic (exact) mass is 406 g/mol. The second-order valence-corrected chi connectivity index (χ2v) is 6.76. The average Bonchev–Trinajstić information content (AvgIpc) is 3.12. The summed E-state index contributed by atoms with van der Waals surface area (Å²) in [5.74, 6) is -0.211. The highest BCUT2D eigenvalue weighted by molar-refractivity contribution is 7.12. The fourth-order valence-corrected chi connectivity index (χ4v) is 3.18. The maximum atomic E-state index is 12.9. The van der Waals surface area contributed by atoms with E-state index in [1.165, 1.54) is 53.8 Å². The average molecular weight is 407 g/mol. The van der Waals surface area contributed by atoms with Crippen molar-refractivity contribution in [3.8, 4) is 5.75 Å². The molecule has 3 aromatic rings. The van der Waals surface area contributed by atoms with E-state index in [2.05, 4.69) is 5.32 Å². The Morgan fingerprint density at radius 1 is 1.22 bits per heavy atom. The van der Waals surface area contributed by atoms with Gasteiger partial charge in [-0.3, -0.25) is 14.9 Å². The Morgan fingerprint density at radius 2 is 1.96 bits per heavy atom. The molecule has 0 fully saturated rings. The van der Waals surface area contributed by atoms with Gasteiger partial charge >= 0.3 is 0 Å². The molecular formula is C18H12ClFN2O4S. The van der Waals surface area contributed by atoms with E-state index in [-0.39, 0.29) is 34.7 Å². The van der Waals surface area contributed by atoms with Gasteiger partial charge < -0.3 is 10.1 Å². The highest BCUT2D eigenvalue weighted by atomic mass is 35.5. The number of ether oxygens (including phenoxy) is 1. The van der Waals surface area contributed by atoms with Crippen LogP contribution >= 0.6 is 22.9 Å². The molecule has 1 aromatic heterocycles. The van der Waals surface area contributed by atoms with Gasteiger partial charge in [-0.1, -0.05) is 11.6 Å². The lowest BCUT2D eigenvalue weighted by atomic mass is 10.2. The number of nitro groups is 1. The molecule has 6 nitrogen and oxygen atoms in total. The molecule has 0 aliphatic carbocycles. The molecule has 9 heteroatoms. The molecule has 3 rings (SSSR count). The molecule has 0 saturated carbocycles. The van der Waals surface area contributed by atoms with Crippen molar-refractivity contribution in [2.24, 2.45) is 0 Å². The second-order valence-electron chi connectivity index (χ2n) is 5.44. The standard InChI is InChI=1S/C18H12ClFN2O4S/c19-15-8-13(22(24)25)3-6-16(15)21-18(23)17-7-11(10-27-17)9-26-14-4-1-12(20)2-5-14/h1-8,10H,9H2,(H,21,23). The fourth-order valence-electron chi connectivity index (χ4n) is 2.17. The number of carbonyl (C=O) groups excluding carboxylic acids is 1. The zero-order valence-corrected chi connectivity index (χ0v) is 15.2. The van der Waals surface area contributed by atoms with Crippen LogP contribution in [0.25, 0.3) is 0 Å². The molecule has 0 bridgehead atoms. The van der Waals surface area contributed by atoms with Gasteiger partial charge in [0.2, 0.25) is 0 Å². The molecule has 0 saturated heterocycles. The Balaban J connectivity index is 1.63. The molecule has 2 aromatic carbocycles. The van der Waals surface area contributed by atoms with E-state index in [4.69, 9.17) is 16.3 Å². The van der Waals surface area contributed by atoms with Crippen molar-refractivity contribution in [3.63, 3.8) is 0 Å². The highest BCUT2D eigenvalue weighted by Gasteiger charge is 2.14. The zero-order valence-electron chi connectivity index (χ0n) is 13.6. The number of hydrogen-bond acceptors (Lipinski definition) is 5. The van der Waals surface area contributed by atoms with Crippen molar-refractivity contribution in [2.75, 3.05) is 5.32 Å². The number of non-ortho nitro benzene ring substituents is 1. The van der Waals surface area contributed by atoms with E-state index in [1.807, 2.05) is 0 Å². The molecule has 0 aliphatic rings. The second kappa shape index (κ2) is 8.15. The van der Waals surface area contributed by atoms with Gasteiger partial charge in [-0.25, -0.2) is 4.39 Å². The maximum Gasteiger partial charge on any atom is 0.271 e. The molecule has 0 unspecified atom stereocenters. The predicted molar refractivity (Wildman–Crippen MR) is 101 cm³/mol. The SMILES string of the molecule is O=C(Nc1ccc([N+](=O)[O-])cc1Cl)c1cc(COc2ccc(F)cc2)cs1. The lowest BCUT2D eigenvalue weighted by Gasteiger charge is -2.06. The van der Waals surface area contributed by atoms with Gasteiger partial charge in [-0.2, -0.15) is 0 Å². The van der Waals surface area contributed by atoms with Crippen LogP contribution in [0.5, 0.6) is 5.75 Å². The minimum Gasteiger partial charge on any atom is -0.489 e. The van der Waals surface area contributed by atoms with Gasteiger partial charge in [-0.15, -0.1) is 11.3 Å². The molecule has 0 radical (unpaired) electrons. The Hall–Kier alpha value is -2.97. The molecule has 1 N–H and O–H groups in total. The summed E-state index contributed by atoms with van der Waals surface area (Å²) in [5.41, 5.74) is 0.906. The van der Waals surface area contributed by atoms with E-state index in [0.717, 1.165) is 5.56 Å². The number of benzene rings is 2. The molecule has 0 atom stereocenters. The topological polar surface area (TPSA) is 81.5 Å². The number of nitro benzene ring substituents is 1. The quantitative estimate of drug-likeness (QED) is 0.446. The van der Waals surface area contributed by atoms with Crippen molar-refractivity contribution >= 4 is 40.2 Å². The molecule has 0 spiro atoms. The maximum absolute atomic E-state index is 12.9. The number of carbonyl (C=O) groups is 1. The minimum atomic E-state index is -0.565. The van der Waals surface area contributed by atoms with Crippen LogP contribution in [0.1, 0.15) is 15.2 Å². The number of nitrogens with zero attached hydrogens (tertiary/aromatic N) is 1. The summed E-state index contributed by atoms with van der Waals surface area (Å²) in [7, 11) is 0. The molecule has 0 aliphatic heterocycles. The third-order valence-corrected chi connectivity index (χ3v) is 4.80. The molecule has 1 heterocycles. The summed E-state index contributed by atoms with van der Waals surface area (Å²) in [6.07, 6.45) is 0. The zero-order chi connectivity index (χ0) is 19.4. The number of nitrogens with one attached hydrogen (secondary N) is 1. The Morgan fingerprint density at radius 3 is 2.63 bits per heavy atom. The first-order valence-corrected chi connectivity index (χ1v) is 8.89. The van der Waals surface area contributed by atoms with E-state index in [1.54, 1.807) is 11.4 Å². The summed E-state index contributed by atoms with van der Waals surface area (Å²) in [4.78, 5) is 22.9. The molecule has 138 valence electrons. The number of rotatable bonds is 6. The van der Waals surface area contributed by atoms with E-state index in [0.29, 0.717) is 10.6 Å². The number of anilines is 1. The lowest BCUT2D eigenvalue weighted by Crippen LogP contribution is -2.10.